The summed E-state index contributed by atoms with van der Waals surface area (Å²) in [4.78, 5) is 22.5. The first kappa shape index (κ1) is 13.2. The number of carboxylic acid groups (broad SMARTS) is 1. The molecule has 1 aromatic carbocycles. The highest BCUT2D eigenvalue weighted by atomic mass is 16.5. The summed E-state index contributed by atoms with van der Waals surface area (Å²) in [6.07, 6.45) is 0.237. The minimum atomic E-state index is -1.11. The van der Waals surface area contributed by atoms with Gasteiger partial charge < -0.3 is 9.84 Å². The first-order valence-corrected chi connectivity index (χ1v) is 5.32. The molecule has 0 radical (unpaired) electrons. The maximum Gasteiger partial charge on any atom is 0.339 e. The van der Waals surface area contributed by atoms with Gasteiger partial charge in [-0.3, -0.25) is 4.79 Å². The van der Waals surface area contributed by atoms with E-state index < -0.39 is 11.9 Å². The van der Waals surface area contributed by atoms with E-state index in [9.17, 15) is 9.59 Å². The van der Waals surface area contributed by atoms with E-state index in [1.165, 1.54) is 12.1 Å². The molecule has 0 spiro atoms. The summed E-state index contributed by atoms with van der Waals surface area (Å²) in [5, 5.41) is 8.92. The molecule has 17 heavy (non-hydrogen) atoms. The molecule has 0 saturated heterocycles. The molecule has 92 valence electrons. The summed E-state index contributed by atoms with van der Waals surface area (Å²) in [5.74, 6) is -1.44. The van der Waals surface area contributed by atoms with Crippen molar-refractivity contribution in [3.8, 4) is 5.75 Å². The molecule has 0 aliphatic rings. The highest BCUT2D eigenvalue weighted by molar-refractivity contribution is 5.92. The van der Waals surface area contributed by atoms with Crippen LogP contribution in [0.5, 0.6) is 5.75 Å². The van der Waals surface area contributed by atoms with E-state index in [1.807, 2.05) is 20.8 Å². The van der Waals surface area contributed by atoms with Gasteiger partial charge >= 0.3 is 11.9 Å². The molecule has 0 fully saturated rings. The number of esters is 1. The average Bonchev–Trinajstić information content (AvgIpc) is 2.14. The SMILES string of the molecule is CC(C)(C)CC(=O)Oc1ccccc1C(=O)O. The Morgan fingerprint density at radius 1 is 1.24 bits per heavy atom. The molecule has 0 saturated carbocycles. The highest BCUT2D eigenvalue weighted by Gasteiger charge is 2.19. The second-order valence-electron chi connectivity index (χ2n) is 5.01. The molecule has 0 aliphatic carbocycles. The van der Waals surface area contributed by atoms with Crippen LogP contribution < -0.4 is 4.74 Å². The largest absolute Gasteiger partial charge is 0.478 e. The van der Waals surface area contributed by atoms with E-state index >= 15 is 0 Å². The van der Waals surface area contributed by atoms with E-state index in [-0.39, 0.29) is 23.1 Å². The Hall–Kier alpha value is -1.84. The number of carbonyl (C=O) groups is 2. The van der Waals surface area contributed by atoms with Gasteiger partial charge in [-0.25, -0.2) is 4.79 Å². The lowest BCUT2D eigenvalue weighted by atomic mass is 9.92. The number of hydrogen-bond acceptors (Lipinski definition) is 3. The van der Waals surface area contributed by atoms with Gasteiger partial charge in [-0.1, -0.05) is 32.9 Å². The fourth-order valence-electron chi connectivity index (χ4n) is 1.32. The van der Waals surface area contributed by atoms with E-state index in [0.29, 0.717) is 0 Å². The predicted molar refractivity (Wildman–Crippen MR) is 63.1 cm³/mol. The van der Waals surface area contributed by atoms with E-state index in [4.69, 9.17) is 9.84 Å². The zero-order chi connectivity index (χ0) is 13.1. The molecule has 0 atom stereocenters. The number of aromatic carboxylic acids is 1. The number of para-hydroxylation sites is 1. The van der Waals surface area contributed by atoms with Crippen LogP contribution in [0.25, 0.3) is 0 Å². The predicted octanol–water partition coefficient (Wildman–Crippen LogP) is 2.73. The van der Waals surface area contributed by atoms with Crippen molar-refractivity contribution in [2.75, 3.05) is 0 Å². The van der Waals surface area contributed by atoms with E-state index in [2.05, 4.69) is 0 Å². The van der Waals surface area contributed by atoms with Gasteiger partial charge in [0.1, 0.15) is 11.3 Å². The zero-order valence-electron chi connectivity index (χ0n) is 10.2. The first-order valence-electron chi connectivity index (χ1n) is 5.32. The lowest BCUT2D eigenvalue weighted by Crippen LogP contribution is -2.18. The smallest absolute Gasteiger partial charge is 0.339 e. The Balaban J connectivity index is 2.82. The number of rotatable bonds is 3. The van der Waals surface area contributed by atoms with Crippen LogP contribution in [-0.2, 0) is 4.79 Å². The summed E-state index contributed by atoms with van der Waals surface area (Å²) < 4.78 is 5.06. The molecular formula is C13H16O4. The maximum absolute atomic E-state index is 11.6. The Morgan fingerprint density at radius 2 is 1.82 bits per heavy atom. The van der Waals surface area contributed by atoms with Crippen LogP contribution >= 0.6 is 0 Å². The molecule has 1 aromatic rings. The quantitative estimate of drug-likeness (QED) is 0.647. The van der Waals surface area contributed by atoms with Crippen LogP contribution in [0.3, 0.4) is 0 Å². The van der Waals surface area contributed by atoms with Crippen LogP contribution in [-0.4, -0.2) is 17.0 Å². The van der Waals surface area contributed by atoms with E-state index in [0.717, 1.165) is 0 Å². The van der Waals surface area contributed by atoms with Gasteiger partial charge in [0.2, 0.25) is 0 Å². The summed E-state index contributed by atoms with van der Waals surface area (Å²) in [6.45, 7) is 5.74. The number of hydrogen-bond donors (Lipinski definition) is 1. The summed E-state index contributed by atoms with van der Waals surface area (Å²) >= 11 is 0. The topological polar surface area (TPSA) is 63.6 Å². The van der Waals surface area contributed by atoms with Gasteiger partial charge in [0.05, 0.1) is 6.42 Å². The zero-order valence-corrected chi connectivity index (χ0v) is 10.2. The van der Waals surface area contributed by atoms with Crippen molar-refractivity contribution in [2.24, 2.45) is 5.41 Å². The van der Waals surface area contributed by atoms with E-state index in [1.54, 1.807) is 12.1 Å². The third-order valence-corrected chi connectivity index (χ3v) is 2.02. The van der Waals surface area contributed by atoms with Crippen LogP contribution in [0.4, 0.5) is 0 Å². The summed E-state index contributed by atoms with van der Waals surface area (Å²) in [5.41, 5.74) is -0.190. The third-order valence-electron chi connectivity index (χ3n) is 2.02. The van der Waals surface area contributed by atoms with Crippen molar-refractivity contribution < 1.29 is 19.4 Å². The van der Waals surface area contributed by atoms with Gasteiger partial charge in [0, 0.05) is 0 Å². The van der Waals surface area contributed by atoms with Crippen molar-refractivity contribution in [3.05, 3.63) is 29.8 Å². The molecule has 0 unspecified atom stereocenters. The molecule has 0 aromatic heterocycles. The molecule has 0 bridgehead atoms. The molecule has 4 heteroatoms. The second kappa shape index (κ2) is 4.99. The van der Waals surface area contributed by atoms with Crippen molar-refractivity contribution in [2.45, 2.75) is 27.2 Å². The van der Waals surface area contributed by atoms with Crippen LogP contribution in [0.2, 0.25) is 0 Å². The van der Waals surface area contributed by atoms with Crippen molar-refractivity contribution in [1.29, 1.82) is 0 Å². The number of benzene rings is 1. The molecule has 0 amide bonds. The van der Waals surface area contributed by atoms with Crippen molar-refractivity contribution >= 4 is 11.9 Å². The number of carbonyl (C=O) groups excluding carboxylic acids is 1. The van der Waals surface area contributed by atoms with Gasteiger partial charge in [-0.15, -0.1) is 0 Å². The molecule has 0 heterocycles. The molecule has 4 nitrogen and oxygen atoms in total. The van der Waals surface area contributed by atoms with Crippen molar-refractivity contribution in [1.82, 2.24) is 0 Å². The average molecular weight is 236 g/mol. The molecule has 1 rings (SSSR count). The minimum Gasteiger partial charge on any atom is -0.478 e. The van der Waals surface area contributed by atoms with Gasteiger partial charge in [0.25, 0.3) is 0 Å². The maximum atomic E-state index is 11.6. The second-order valence-corrected chi connectivity index (χ2v) is 5.01. The lowest BCUT2D eigenvalue weighted by molar-refractivity contribution is -0.136. The van der Waals surface area contributed by atoms with Crippen molar-refractivity contribution in [3.63, 3.8) is 0 Å². The Kier molecular flexibility index (Phi) is 3.89. The monoisotopic (exact) mass is 236 g/mol. The van der Waals surface area contributed by atoms with Crippen LogP contribution in [0.15, 0.2) is 24.3 Å². The third kappa shape index (κ3) is 4.26. The summed E-state index contributed by atoms with van der Waals surface area (Å²) in [6, 6.07) is 6.10. The first-order chi connectivity index (χ1) is 7.79. The number of ether oxygens (including phenoxy) is 1. The standard InChI is InChI=1S/C13H16O4/c1-13(2,3)8-11(14)17-10-7-5-4-6-9(10)12(15)16/h4-7H,8H2,1-3H3,(H,15,16). The Labute approximate surface area is 100 Å². The van der Waals surface area contributed by atoms with Gasteiger partial charge in [-0.05, 0) is 17.5 Å². The lowest BCUT2D eigenvalue weighted by Gasteiger charge is -2.16. The molecule has 0 aliphatic heterocycles. The van der Waals surface area contributed by atoms with Gasteiger partial charge in [0.15, 0.2) is 0 Å². The normalized spacial score (nSPS) is 11.0. The van der Waals surface area contributed by atoms with Crippen LogP contribution in [0, 0.1) is 5.41 Å². The fourth-order valence-corrected chi connectivity index (χ4v) is 1.32. The minimum absolute atomic E-state index is 0.00485. The Bertz CT molecular complexity index is 429. The Morgan fingerprint density at radius 3 is 2.35 bits per heavy atom. The highest BCUT2D eigenvalue weighted by Crippen LogP contribution is 2.22. The molecular weight excluding hydrogens is 220 g/mol. The molecule has 1 N–H and O–H groups in total. The summed E-state index contributed by atoms with van der Waals surface area (Å²) in [7, 11) is 0. The number of carboxylic acids is 1. The van der Waals surface area contributed by atoms with Gasteiger partial charge in [-0.2, -0.15) is 0 Å². The van der Waals surface area contributed by atoms with Crippen LogP contribution in [0.1, 0.15) is 37.6 Å². The fraction of sp³-hybridized carbons (Fsp3) is 0.385.